The number of nitriles is 1. The second kappa shape index (κ2) is 6.53. The highest BCUT2D eigenvalue weighted by Crippen LogP contribution is 2.38. The molecule has 2 aliphatic rings. The second-order valence-electron chi connectivity index (χ2n) is 6.88. The van der Waals surface area contributed by atoms with E-state index in [1.54, 1.807) is 11.3 Å². The number of nitrogens with zero attached hydrogens (tertiary/aromatic N) is 2. The standard InChI is InChI=1S/C20H21N3OS/c1-13-10-14-6-2-4-8-17(14)23(13)12-19(24)22-20-16(11-21)15-7-3-5-9-18(15)25-20/h2,4,6,8,13H,3,5,7,9-10,12H2,1H3,(H,22,24)/t13-/m0/s1. The molecule has 0 radical (unpaired) electrons. The highest BCUT2D eigenvalue weighted by Gasteiger charge is 2.28. The monoisotopic (exact) mass is 351 g/mol. The molecule has 2 aromatic rings. The van der Waals surface area contributed by atoms with Gasteiger partial charge in [-0.15, -0.1) is 11.3 Å². The third-order valence-electron chi connectivity index (χ3n) is 5.20. The average Bonchev–Trinajstić information content (AvgIpc) is 3.12. The van der Waals surface area contributed by atoms with E-state index in [-0.39, 0.29) is 5.91 Å². The summed E-state index contributed by atoms with van der Waals surface area (Å²) in [4.78, 5) is 16.1. The number of aryl methyl sites for hydroxylation is 1. The van der Waals surface area contributed by atoms with Crippen molar-refractivity contribution in [3.05, 3.63) is 45.8 Å². The Hall–Kier alpha value is -2.32. The molecule has 0 saturated heterocycles. The van der Waals surface area contributed by atoms with Gasteiger partial charge in [0.15, 0.2) is 0 Å². The van der Waals surface area contributed by atoms with Crippen LogP contribution in [0.2, 0.25) is 0 Å². The molecule has 1 atom stereocenters. The Morgan fingerprint density at radius 3 is 3.00 bits per heavy atom. The van der Waals surface area contributed by atoms with Crippen molar-refractivity contribution in [3.63, 3.8) is 0 Å². The maximum absolute atomic E-state index is 12.6. The van der Waals surface area contributed by atoms with Crippen LogP contribution in [0.25, 0.3) is 0 Å². The van der Waals surface area contributed by atoms with Crippen molar-refractivity contribution in [2.75, 3.05) is 16.8 Å². The van der Waals surface area contributed by atoms with Crippen molar-refractivity contribution in [1.29, 1.82) is 5.26 Å². The first-order valence-electron chi connectivity index (χ1n) is 8.86. The topological polar surface area (TPSA) is 56.1 Å². The number of benzene rings is 1. The first-order chi connectivity index (χ1) is 12.2. The van der Waals surface area contributed by atoms with Gasteiger partial charge in [0, 0.05) is 16.6 Å². The lowest BCUT2D eigenvalue weighted by Gasteiger charge is -2.24. The minimum Gasteiger partial charge on any atom is -0.359 e. The van der Waals surface area contributed by atoms with Crippen LogP contribution in [0.5, 0.6) is 0 Å². The molecule has 5 heteroatoms. The predicted octanol–water partition coefficient (Wildman–Crippen LogP) is 3.89. The van der Waals surface area contributed by atoms with E-state index in [1.807, 2.05) is 12.1 Å². The Labute approximate surface area is 152 Å². The molecule has 0 spiro atoms. The van der Waals surface area contributed by atoms with Gasteiger partial charge in [-0.25, -0.2) is 0 Å². The largest absolute Gasteiger partial charge is 0.359 e. The molecule has 4 rings (SSSR count). The maximum Gasteiger partial charge on any atom is 0.244 e. The van der Waals surface area contributed by atoms with E-state index in [1.165, 1.54) is 16.9 Å². The van der Waals surface area contributed by atoms with Gasteiger partial charge >= 0.3 is 0 Å². The Morgan fingerprint density at radius 2 is 2.16 bits per heavy atom. The summed E-state index contributed by atoms with van der Waals surface area (Å²) in [5.41, 5.74) is 4.29. The Kier molecular flexibility index (Phi) is 4.22. The van der Waals surface area contributed by atoms with E-state index in [0.29, 0.717) is 18.2 Å². The number of amides is 1. The summed E-state index contributed by atoms with van der Waals surface area (Å²) in [6.07, 6.45) is 5.27. The third-order valence-corrected chi connectivity index (χ3v) is 6.41. The molecule has 1 aromatic heterocycles. The van der Waals surface area contributed by atoms with Gasteiger partial charge in [-0.2, -0.15) is 5.26 Å². The zero-order valence-corrected chi connectivity index (χ0v) is 15.2. The normalized spacial score (nSPS) is 18.4. The van der Waals surface area contributed by atoms with Gasteiger partial charge in [0.25, 0.3) is 0 Å². The lowest BCUT2D eigenvalue weighted by Crippen LogP contribution is -2.37. The smallest absolute Gasteiger partial charge is 0.244 e. The second-order valence-corrected chi connectivity index (χ2v) is 7.99. The van der Waals surface area contributed by atoms with Gasteiger partial charge in [0.2, 0.25) is 5.91 Å². The average molecular weight is 351 g/mol. The minimum absolute atomic E-state index is 0.0429. The van der Waals surface area contributed by atoms with Gasteiger partial charge < -0.3 is 10.2 Å². The van der Waals surface area contributed by atoms with Gasteiger partial charge in [-0.05, 0) is 56.2 Å². The van der Waals surface area contributed by atoms with Crippen LogP contribution in [0.15, 0.2) is 24.3 Å². The van der Waals surface area contributed by atoms with Crippen molar-refractivity contribution in [3.8, 4) is 6.07 Å². The number of carbonyl (C=O) groups is 1. The Bertz CT molecular complexity index is 864. The summed E-state index contributed by atoms with van der Waals surface area (Å²) < 4.78 is 0. The number of nitrogens with one attached hydrogen (secondary N) is 1. The molecule has 0 unspecified atom stereocenters. The Balaban J connectivity index is 1.52. The molecule has 1 aromatic carbocycles. The SMILES string of the molecule is C[C@H]1Cc2ccccc2N1CC(=O)Nc1sc2c(c1C#N)CCCC2. The molecular weight excluding hydrogens is 330 g/mol. The summed E-state index contributed by atoms with van der Waals surface area (Å²) in [7, 11) is 0. The van der Waals surface area contributed by atoms with Crippen LogP contribution in [-0.4, -0.2) is 18.5 Å². The van der Waals surface area contributed by atoms with Crippen molar-refractivity contribution in [1.82, 2.24) is 0 Å². The summed E-state index contributed by atoms with van der Waals surface area (Å²) >= 11 is 1.59. The summed E-state index contributed by atoms with van der Waals surface area (Å²) in [5.74, 6) is -0.0429. The van der Waals surface area contributed by atoms with Gasteiger partial charge in [0.05, 0.1) is 12.1 Å². The number of carbonyl (C=O) groups excluding carboxylic acids is 1. The number of anilines is 2. The van der Waals surface area contributed by atoms with E-state index in [0.717, 1.165) is 41.9 Å². The molecular formula is C20H21N3OS. The molecule has 128 valence electrons. The fourth-order valence-corrected chi connectivity index (χ4v) is 5.22. The molecule has 4 nitrogen and oxygen atoms in total. The maximum atomic E-state index is 12.6. The zero-order valence-electron chi connectivity index (χ0n) is 14.3. The van der Waals surface area contributed by atoms with E-state index in [2.05, 4.69) is 35.3 Å². The van der Waals surface area contributed by atoms with Crippen LogP contribution in [0.1, 0.15) is 41.3 Å². The number of hydrogen-bond acceptors (Lipinski definition) is 4. The van der Waals surface area contributed by atoms with Crippen molar-refractivity contribution in [2.45, 2.75) is 45.1 Å². The fourth-order valence-electron chi connectivity index (χ4n) is 3.96. The van der Waals surface area contributed by atoms with E-state index in [9.17, 15) is 10.1 Å². The highest BCUT2D eigenvalue weighted by atomic mass is 32.1. The highest BCUT2D eigenvalue weighted by molar-refractivity contribution is 7.16. The molecule has 1 aliphatic carbocycles. The minimum atomic E-state index is -0.0429. The molecule has 1 N–H and O–H groups in total. The molecule has 25 heavy (non-hydrogen) atoms. The number of para-hydroxylation sites is 1. The van der Waals surface area contributed by atoms with Crippen LogP contribution in [-0.2, 0) is 24.1 Å². The quantitative estimate of drug-likeness (QED) is 0.913. The number of rotatable bonds is 3. The number of fused-ring (bicyclic) bond motifs is 2. The van der Waals surface area contributed by atoms with Gasteiger partial charge in [-0.3, -0.25) is 4.79 Å². The number of hydrogen-bond donors (Lipinski definition) is 1. The van der Waals surface area contributed by atoms with Crippen LogP contribution in [0.3, 0.4) is 0 Å². The van der Waals surface area contributed by atoms with Crippen molar-refractivity contribution >= 4 is 27.9 Å². The molecule has 1 amide bonds. The van der Waals surface area contributed by atoms with Gasteiger partial charge in [0.1, 0.15) is 11.1 Å². The van der Waals surface area contributed by atoms with E-state index < -0.39 is 0 Å². The van der Waals surface area contributed by atoms with Crippen LogP contribution in [0.4, 0.5) is 10.7 Å². The first-order valence-corrected chi connectivity index (χ1v) is 9.68. The van der Waals surface area contributed by atoms with E-state index in [4.69, 9.17) is 0 Å². The lowest BCUT2D eigenvalue weighted by molar-refractivity contribution is -0.115. The lowest BCUT2D eigenvalue weighted by atomic mass is 9.96. The summed E-state index contributed by atoms with van der Waals surface area (Å²) in [6, 6.07) is 10.9. The Morgan fingerprint density at radius 1 is 1.36 bits per heavy atom. The summed E-state index contributed by atoms with van der Waals surface area (Å²) in [6.45, 7) is 2.48. The van der Waals surface area contributed by atoms with Crippen LogP contribution >= 0.6 is 11.3 Å². The van der Waals surface area contributed by atoms with Crippen LogP contribution < -0.4 is 10.2 Å². The molecule has 0 bridgehead atoms. The van der Waals surface area contributed by atoms with Crippen molar-refractivity contribution in [2.24, 2.45) is 0 Å². The first kappa shape index (κ1) is 16.2. The fraction of sp³-hybridized carbons (Fsp3) is 0.400. The van der Waals surface area contributed by atoms with Gasteiger partial charge in [-0.1, -0.05) is 18.2 Å². The number of thiophene rings is 1. The molecule has 2 heterocycles. The molecule has 0 fully saturated rings. The third kappa shape index (κ3) is 2.91. The van der Waals surface area contributed by atoms with E-state index >= 15 is 0 Å². The molecule has 0 saturated carbocycles. The summed E-state index contributed by atoms with van der Waals surface area (Å²) in [5, 5.41) is 13.3. The zero-order chi connectivity index (χ0) is 17.4. The van der Waals surface area contributed by atoms with Crippen molar-refractivity contribution < 1.29 is 4.79 Å². The predicted molar refractivity (Wildman–Crippen MR) is 101 cm³/mol. The molecule has 1 aliphatic heterocycles. The van der Waals surface area contributed by atoms with Crippen LogP contribution in [0, 0.1) is 11.3 Å².